The maximum absolute atomic E-state index is 12.9. The molecular formula is C15H18F6N3O3S+. The zero-order valence-corrected chi connectivity index (χ0v) is 15.5. The van der Waals surface area contributed by atoms with Gasteiger partial charge in [0.1, 0.15) is 4.90 Å². The third kappa shape index (κ3) is 5.28. The number of halogens is 6. The first-order chi connectivity index (χ1) is 12.6. The molecule has 13 heteroatoms. The average Bonchev–Trinajstić information content (AvgIpc) is 2.51. The van der Waals surface area contributed by atoms with Crippen LogP contribution in [0.1, 0.15) is 25.0 Å². The molecule has 0 saturated carbocycles. The van der Waals surface area contributed by atoms with E-state index in [2.05, 4.69) is 0 Å². The molecule has 3 N–H and O–H groups in total. The molecule has 1 heterocycles. The van der Waals surface area contributed by atoms with Crippen LogP contribution in [-0.2, 0) is 27.1 Å². The standard InChI is InChI=1S/C15H17F6N3O3S/c1-8-6-24(7-9(2)27-8)13(22)23-28(25,26)12-4-10(14(16,17)18)3-11(5-12)15(19,20)21/h3-5,8-9H,6-7H2,1-2H3,(H2,22,23)/p+1/t8-,9+. The highest BCUT2D eigenvalue weighted by molar-refractivity contribution is 7.90. The molecule has 1 aromatic carbocycles. The van der Waals surface area contributed by atoms with E-state index in [0.717, 1.165) is 0 Å². The summed E-state index contributed by atoms with van der Waals surface area (Å²) in [6.07, 6.45) is -11.0. The van der Waals surface area contributed by atoms with E-state index in [0.29, 0.717) is 0 Å². The predicted octanol–water partition coefficient (Wildman–Crippen LogP) is 2.14. The molecule has 0 bridgehead atoms. The maximum atomic E-state index is 12.9. The van der Waals surface area contributed by atoms with E-state index in [4.69, 9.17) is 10.5 Å². The van der Waals surface area contributed by atoms with Crippen molar-refractivity contribution in [3.8, 4) is 0 Å². The summed E-state index contributed by atoms with van der Waals surface area (Å²) in [6, 6.07) is 0.0856. The number of nitrogens with zero attached hydrogens (tertiary/aromatic N) is 1. The second kappa shape index (κ2) is 7.43. The molecule has 0 aliphatic carbocycles. The van der Waals surface area contributed by atoms with E-state index in [-0.39, 0.29) is 43.5 Å². The Morgan fingerprint density at radius 1 is 1.04 bits per heavy atom. The van der Waals surface area contributed by atoms with Gasteiger partial charge in [-0.2, -0.15) is 39.5 Å². The molecule has 1 fully saturated rings. The quantitative estimate of drug-likeness (QED) is 0.425. The minimum atomic E-state index is -5.17. The van der Waals surface area contributed by atoms with Gasteiger partial charge >= 0.3 is 28.3 Å². The number of guanidine groups is 1. The number of alkyl halides is 6. The van der Waals surface area contributed by atoms with Crippen LogP contribution in [0.15, 0.2) is 23.1 Å². The SMILES string of the molecule is C[C@@H]1C[N+](=C(N)NS(=O)(=O)c2cc(C(F)(F)F)cc(C(F)(F)F)c2)C[C@H](C)O1. The molecule has 1 saturated heterocycles. The van der Waals surface area contributed by atoms with Gasteiger partial charge in [-0.1, -0.05) is 0 Å². The molecular weight excluding hydrogens is 416 g/mol. The third-order valence-electron chi connectivity index (χ3n) is 3.87. The number of morpholine rings is 1. The Kier molecular flexibility index (Phi) is 5.91. The molecule has 28 heavy (non-hydrogen) atoms. The number of nitrogens with one attached hydrogen (secondary N) is 1. The van der Waals surface area contributed by atoms with Crippen LogP contribution in [0.2, 0.25) is 0 Å². The fourth-order valence-corrected chi connectivity index (χ4v) is 3.80. The van der Waals surface area contributed by atoms with Gasteiger partial charge in [0.15, 0.2) is 0 Å². The van der Waals surface area contributed by atoms with Crippen molar-refractivity contribution in [2.45, 2.75) is 43.3 Å². The molecule has 1 aliphatic rings. The molecule has 0 amide bonds. The van der Waals surface area contributed by atoms with Crippen molar-refractivity contribution in [1.82, 2.24) is 4.72 Å². The van der Waals surface area contributed by atoms with Gasteiger partial charge in [0.25, 0.3) is 0 Å². The van der Waals surface area contributed by atoms with Crippen LogP contribution >= 0.6 is 0 Å². The monoisotopic (exact) mass is 434 g/mol. The van der Waals surface area contributed by atoms with Crippen LogP contribution < -0.4 is 10.5 Å². The highest BCUT2D eigenvalue weighted by atomic mass is 32.2. The molecule has 2 atom stereocenters. The lowest BCUT2D eigenvalue weighted by molar-refractivity contribution is -0.568. The molecule has 0 spiro atoms. The molecule has 0 radical (unpaired) electrons. The molecule has 0 unspecified atom stereocenters. The highest BCUT2D eigenvalue weighted by Gasteiger charge is 2.39. The summed E-state index contributed by atoms with van der Waals surface area (Å²) < 4.78 is 111. The van der Waals surface area contributed by atoms with Crippen LogP contribution in [0, 0.1) is 0 Å². The molecule has 6 nitrogen and oxygen atoms in total. The first kappa shape index (κ1) is 22.3. The van der Waals surface area contributed by atoms with Crippen molar-refractivity contribution in [2.24, 2.45) is 5.73 Å². The Morgan fingerprint density at radius 3 is 1.86 bits per heavy atom. The van der Waals surface area contributed by atoms with Gasteiger partial charge in [0, 0.05) is 0 Å². The van der Waals surface area contributed by atoms with Gasteiger partial charge < -0.3 is 4.74 Å². The fraction of sp³-hybridized carbons (Fsp3) is 0.533. The van der Waals surface area contributed by atoms with Crippen molar-refractivity contribution in [1.29, 1.82) is 0 Å². The van der Waals surface area contributed by atoms with Crippen LogP contribution in [-0.4, -0.2) is 44.3 Å². The van der Waals surface area contributed by atoms with Gasteiger partial charge in [-0.3, -0.25) is 10.3 Å². The Labute approximate surface area is 157 Å². The van der Waals surface area contributed by atoms with Crippen LogP contribution in [0.25, 0.3) is 0 Å². The lowest BCUT2D eigenvalue weighted by Gasteiger charge is -2.27. The van der Waals surface area contributed by atoms with Crippen molar-refractivity contribution in [3.63, 3.8) is 0 Å². The van der Waals surface area contributed by atoms with E-state index in [1.54, 1.807) is 13.8 Å². The predicted molar refractivity (Wildman–Crippen MR) is 86.0 cm³/mol. The zero-order valence-electron chi connectivity index (χ0n) is 14.7. The smallest absolute Gasteiger partial charge is 0.369 e. The summed E-state index contributed by atoms with van der Waals surface area (Å²) in [7, 11) is -4.80. The van der Waals surface area contributed by atoms with Crippen LogP contribution in [0.4, 0.5) is 26.3 Å². The van der Waals surface area contributed by atoms with Gasteiger partial charge in [0.05, 0.1) is 36.4 Å². The number of sulfonamides is 1. The Morgan fingerprint density at radius 2 is 1.46 bits per heavy atom. The van der Waals surface area contributed by atoms with E-state index in [9.17, 15) is 34.8 Å². The fourth-order valence-electron chi connectivity index (χ4n) is 2.72. The zero-order chi connectivity index (χ0) is 21.5. The summed E-state index contributed by atoms with van der Waals surface area (Å²) >= 11 is 0. The number of rotatable bonds is 2. The lowest BCUT2D eigenvalue weighted by Crippen LogP contribution is -2.50. The van der Waals surface area contributed by atoms with Crippen LogP contribution in [0.5, 0.6) is 0 Å². The largest absolute Gasteiger partial charge is 0.416 e. The molecule has 158 valence electrons. The summed E-state index contributed by atoms with van der Waals surface area (Å²) in [5, 5.41) is 0. The van der Waals surface area contributed by atoms with Crippen molar-refractivity contribution < 1.29 is 44.1 Å². The maximum Gasteiger partial charge on any atom is 0.416 e. The first-order valence-corrected chi connectivity index (χ1v) is 9.43. The summed E-state index contributed by atoms with van der Waals surface area (Å²) in [5.41, 5.74) is 2.21. The minimum absolute atomic E-state index is 0.120. The molecule has 0 aromatic heterocycles. The lowest BCUT2D eigenvalue weighted by atomic mass is 10.1. The van der Waals surface area contributed by atoms with Gasteiger partial charge in [0.2, 0.25) is 0 Å². The summed E-state index contributed by atoms with van der Waals surface area (Å²) in [6.45, 7) is 3.78. The Balaban J connectivity index is 2.47. The molecule has 2 rings (SSSR count). The molecule has 1 aromatic rings. The number of hydrogen-bond donors (Lipinski definition) is 2. The first-order valence-electron chi connectivity index (χ1n) is 7.94. The topological polar surface area (TPSA) is 84.4 Å². The van der Waals surface area contributed by atoms with E-state index >= 15 is 0 Å². The van der Waals surface area contributed by atoms with Crippen LogP contribution in [0.3, 0.4) is 0 Å². The van der Waals surface area contributed by atoms with Gasteiger partial charge in [-0.15, -0.1) is 0 Å². The van der Waals surface area contributed by atoms with Gasteiger partial charge in [-0.05, 0) is 32.0 Å². The highest BCUT2D eigenvalue weighted by Crippen LogP contribution is 2.37. The number of hydrogen-bond acceptors (Lipinski definition) is 3. The van der Waals surface area contributed by atoms with Crippen molar-refractivity contribution in [3.05, 3.63) is 29.3 Å². The summed E-state index contributed by atoms with van der Waals surface area (Å²) in [4.78, 5) is -1.20. The number of benzene rings is 1. The van der Waals surface area contributed by atoms with E-state index in [1.807, 2.05) is 4.72 Å². The average molecular weight is 434 g/mol. The number of nitrogens with two attached hydrogens (primary N) is 1. The van der Waals surface area contributed by atoms with Crippen molar-refractivity contribution >= 4 is 16.0 Å². The van der Waals surface area contributed by atoms with E-state index < -0.39 is 44.4 Å². The minimum Gasteiger partial charge on any atom is -0.369 e. The Bertz CT molecular complexity index is 836. The van der Waals surface area contributed by atoms with Crippen molar-refractivity contribution in [2.75, 3.05) is 13.1 Å². The summed E-state index contributed by atoms with van der Waals surface area (Å²) in [5.74, 6) is -0.423. The third-order valence-corrected chi connectivity index (χ3v) is 5.20. The molecule has 1 aliphatic heterocycles. The van der Waals surface area contributed by atoms with E-state index in [1.165, 1.54) is 4.58 Å². The van der Waals surface area contributed by atoms with Gasteiger partial charge in [-0.25, -0.2) is 0 Å². The second-order valence-corrected chi connectivity index (χ2v) is 8.08. The Hall–Kier alpha value is -2.02. The second-order valence-electron chi connectivity index (χ2n) is 6.39. The number of ether oxygens (including phenoxy) is 1. The normalized spacial score (nSPS) is 23.4.